The molecule has 0 unspecified atom stereocenters. The van der Waals surface area contributed by atoms with E-state index in [9.17, 15) is 18.7 Å². The second kappa shape index (κ2) is 5.96. The first kappa shape index (κ1) is 15.0. The summed E-state index contributed by atoms with van der Waals surface area (Å²) in [7, 11) is 0. The lowest BCUT2D eigenvalue weighted by atomic mass is 9.94. The molecule has 6 nitrogen and oxygen atoms in total. The third kappa shape index (κ3) is 3.60. The van der Waals surface area contributed by atoms with Crippen LogP contribution in [0.1, 0.15) is 12.5 Å². The summed E-state index contributed by atoms with van der Waals surface area (Å²) in [6, 6.07) is 2.76. The van der Waals surface area contributed by atoms with Gasteiger partial charge >= 0.3 is 5.97 Å². The summed E-state index contributed by atoms with van der Waals surface area (Å²) in [6.07, 6.45) is 2.56. The highest BCUT2D eigenvalue weighted by Crippen LogP contribution is 2.27. The molecule has 0 aliphatic rings. The van der Waals surface area contributed by atoms with E-state index in [2.05, 4.69) is 10.1 Å². The molecule has 21 heavy (non-hydrogen) atoms. The third-order valence-corrected chi connectivity index (χ3v) is 2.84. The van der Waals surface area contributed by atoms with Gasteiger partial charge in [0.1, 0.15) is 36.5 Å². The Morgan fingerprint density at radius 2 is 2.24 bits per heavy atom. The number of hydrogen-bond donors (Lipinski definition) is 1. The highest BCUT2D eigenvalue weighted by atomic mass is 19.1. The number of ether oxygens (including phenoxy) is 1. The van der Waals surface area contributed by atoms with Crippen LogP contribution in [0.5, 0.6) is 0 Å². The lowest BCUT2D eigenvalue weighted by Gasteiger charge is -2.28. The third-order valence-electron chi connectivity index (χ3n) is 2.84. The van der Waals surface area contributed by atoms with Crippen molar-refractivity contribution < 1.29 is 23.4 Å². The number of carbonyl (C=O) groups excluding carboxylic acids is 1. The van der Waals surface area contributed by atoms with Gasteiger partial charge in [0.2, 0.25) is 0 Å². The molecule has 1 atom stereocenters. The Bertz CT molecular complexity index is 634. The average molecular weight is 297 g/mol. The van der Waals surface area contributed by atoms with E-state index in [4.69, 9.17) is 4.74 Å². The molecule has 0 saturated carbocycles. The van der Waals surface area contributed by atoms with Crippen molar-refractivity contribution in [2.24, 2.45) is 0 Å². The van der Waals surface area contributed by atoms with E-state index in [0.29, 0.717) is 6.07 Å². The fourth-order valence-electron chi connectivity index (χ4n) is 1.88. The molecular formula is C13H13F2N3O3. The number of aliphatic hydroxyl groups is 1. The predicted octanol–water partition coefficient (Wildman–Crippen LogP) is 1.01. The van der Waals surface area contributed by atoms with Crippen molar-refractivity contribution in [3.63, 3.8) is 0 Å². The number of hydrogen-bond acceptors (Lipinski definition) is 5. The topological polar surface area (TPSA) is 77.2 Å². The standard InChI is InChI=1S/C13H13F2N3O3/c1-9(19)21-6-13(20,5-18-8-16-7-17-18)11-3-2-10(14)4-12(11)15/h2-4,7-8,20H,5-6H2,1H3/t13-/m0/s1. The van der Waals surface area contributed by atoms with E-state index in [1.54, 1.807) is 0 Å². The smallest absolute Gasteiger partial charge is 0.302 e. The van der Waals surface area contributed by atoms with Gasteiger partial charge in [-0.1, -0.05) is 6.07 Å². The fraction of sp³-hybridized carbons (Fsp3) is 0.308. The van der Waals surface area contributed by atoms with Crippen molar-refractivity contribution in [1.82, 2.24) is 14.8 Å². The first-order valence-corrected chi connectivity index (χ1v) is 6.04. The van der Waals surface area contributed by atoms with Crippen molar-refractivity contribution >= 4 is 5.97 Å². The van der Waals surface area contributed by atoms with Crippen LogP contribution in [0.25, 0.3) is 0 Å². The summed E-state index contributed by atoms with van der Waals surface area (Å²) in [4.78, 5) is 14.7. The lowest BCUT2D eigenvalue weighted by Crippen LogP contribution is -2.38. The van der Waals surface area contributed by atoms with Gasteiger partial charge in [-0.15, -0.1) is 0 Å². The van der Waals surface area contributed by atoms with Gasteiger partial charge in [0.25, 0.3) is 0 Å². The number of aromatic nitrogens is 3. The highest BCUT2D eigenvalue weighted by molar-refractivity contribution is 5.66. The molecule has 2 aromatic rings. The summed E-state index contributed by atoms with van der Waals surface area (Å²) in [6.45, 7) is 0.463. The Morgan fingerprint density at radius 3 is 2.81 bits per heavy atom. The van der Waals surface area contributed by atoms with E-state index in [1.165, 1.54) is 17.3 Å². The van der Waals surface area contributed by atoms with E-state index < -0.39 is 29.8 Å². The summed E-state index contributed by atoms with van der Waals surface area (Å²) >= 11 is 0. The van der Waals surface area contributed by atoms with E-state index in [1.807, 2.05) is 0 Å². The minimum atomic E-state index is -1.89. The van der Waals surface area contributed by atoms with E-state index in [0.717, 1.165) is 19.1 Å². The Hall–Kier alpha value is -2.35. The number of carbonyl (C=O) groups is 1. The molecule has 1 aromatic carbocycles. The van der Waals surface area contributed by atoms with Gasteiger partial charge in [0.05, 0.1) is 6.54 Å². The molecule has 1 N–H and O–H groups in total. The van der Waals surface area contributed by atoms with Crippen molar-refractivity contribution in [2.45, 2.75) is 19.1 Å². The molecule has 1 aromatic heterocycles. The highest BCUT2D eigenvalue weighted by Gasteiger charge is 2.35. The number of nitrogens with zero attached hydrogens (tertiary/aromatic N) is 3. The maximum atomic E-state index is 13.9. The molecule has 0 aliphatic carbocycles. The molecule has 0 fully saturated rings. The van der Waals surface area contributed by atoms with Crippen molar-refractivity contribution in [3.05, 3.63) is 48.1 Å². The zero-order valence-electron chi connectivity index (χ0n) is 11.2. The van der Waals surface area contributed by atoms with Crippen LogP contribution in [-0.4, -0.2) is 32.4 Å². The van der Waals surface area contributed by atoms with Crippen LogP contribution >= 0.6 is 0 Å². The number of halogens is 2. The van der Waals surface area contributed by atoms with Crippen LogP contribution in [0.4, 0.5) is 8.78 Å². The monoisotopic (exact) mass is 297 g/mol. The van der Waals surface area contributed by atoms with E-state index in [-0.39, 0.29) is 12.1 Å². The largest absolute Gasteiger partial charge is 0.462 e. The SMILES string of the molecule is CC(=O)OC[C@@](O)(Cn1cncn1)c1ccc(F)cc1F. The lowest BCUT2D eigenvalue weighted by molar-refractivity contribution is -0.151. The van der Waals surface area contributed by atoms with Gasteiger partial charge in [0, 0.05) is 18.6 Å². The van der Waals surface area contributed by atoms with Crippen molar-refractivity contribution in [2.75, 3.05) is 6.61 Å². The minimum Gasteiger partial charge on any atom is -0.462 e. The normalized spacial score (nSPS) is 13.7. The minimum absolute atomic E-state index is 0.194. The predicted molar refractivity (Wildman–Crippen MR) is 66.9 cm³/mol. The summed E-state index contributed by atoms with van der Waals surface area (Å²) < 4.78 is 32.9. The van der Waals surface area contributed by atoms with Gasteiger partial charge in [-0.2, -0.15) is 5.10 Å². The number of rotatable bonds is 5. The van der Waals surface area contributed by atoms with Crippen LogP contribution in [0.2, 0.25) is 0 Å². The van der Waals surface area contributed by atoms with Gasteiger partial charge in [-0.25, -0.2) is 18.4 Å². The second-order valence-corrected chi connectivity index (χ2v) is 4.53. The van der Waals surface area contributed by atoms with Gasteiger partial charge in [-0.05, 0) is 6.07 Å². The molecule has 0 amide bonds. The molecular weight excluding hydrogens is 284 g/mol. The Morgan fingerprint density at radius 1 is 1.48 bits per heavy atom. The first-order valence-electron chi connectivity index (χ1n) is 6.04. The molecule has 0 spiro atoms. The first-order chi connectivity index (χ1) is 9.90. The molecule has 2 rings (SSSR count). The molecule has 0 bridgehead atoms. The fourth-order valence-corrected chi connectivity index (χ4v) is 1.88. The van der Waals surface area contributed by atoms with Crippen molar-refractivity contribution in [3.8, 4) is 0 Å². The summed E-state index contributed by atoms with van der Waals surface area (Å²) in [5.74, 6) is -2.34. The molecule has 1 heterocycles. The average Bonchev–Trinajstić information content (AvgIpc) is 2.89. The van der Waals surface area contributed by atoms with Crippen LogP contribution < -0.4 is 0 Å². The van der Waals surface area contributed by atoms with Gasteiger partial charge in [0.15, 0.2) is 0 Å². The number of esters is 1. The Kier molecular flexibility index (Phi) is 4.27. The van der Waals surface area contributed by atoms with Crippen molar-refractivity contribution in [1.29, 1.82) is 0 Å². The number of benzene rings is 1. The summed E-state index contributed by atoms with van der Waals surface area (Å²) in [5.41, 5.74) is -2.09. The van der Waals surface area contributed by atoms with E-state index >= 15 is 0 Å². The second-order valence-electron chi connectivity index (χ2n) is 4.53. The van der Waals surface area contributed by atoms with Gasteiger partial charge < -0.3 is 9.84 Å². The Balaban J connectivity index is 2.36. The Labute approximate surface area is 119 Å². The maximum absolute atomic E-state index is 13.9. The van der Waals surface area contributed by atoms with Gasteiger partial charge in [-0.3, -0.25) is 4.79 Å². The van der Waals surface area contributed by atoms with Crippen LogP contribution in [-0.2, 0) is 21.7 Å². The van der Waals surface area contributed by atoms with Crippen LogP contribution in [0, 0.1) is 11.6 Å². The molecule has 0 saturated heterocycles. The summed E-state index contributed by atoms with van der Waals surface area (Å²) in [5, 5.41) is 14.5. The molecule has 0 aliphatic heterocycles. The zero-order valence-corrected chi connectivity index (χ0v) is 11.2. The molecule has 8 heteroatoms. The molecule has 0 radical (unpaired) electrons. The zero-order chi connectivity index (χ0) is 15.5. The molecule has 112 valence electrons. The quantitative estimate of drug-likeness (QED) is 0.833. The van der Waals surface area contributed by atoms with Crippen LogP contribution in [0.3, 0.4) is 0 Å². The van der Waals surface area contributed by atoms with Crippen LogP contribution in [0.15, 0.2) is 30.9 Å². The maximum Gasteiger partial charge on any atom is 0.302 e.